The first-order chi connectivity index (χ1) is 19.0. The van der Waals surface area contributed by atoms with E-state index in [2.05, 4.69) is 87.7 Å². The van der Waals surface area contributed by atoms with Gasteiger partial charge in [-0.3, -0.25) is 0 Å². The number of carbonyl (C=O) groups is 1. The van der Waals surface area contributed by atoms with Crippen molar-refractivity contribution in [1.82, 2.24) is 0 Å². The molecule has 2 saturated carbocycles. The van der Waals surface area contributed by atoms with Gasteiger partial charge < -0.3 is 13.6 Å². The summed E-state index contributed by atoms with van der Waals surface area (Å²) in [4.78, 5) is 11.8. The molecule has 3 aliphatic carbocycles. The summed E-state index contributed by atoms with van der Waals surface area (Å²) >= 11 is 0. The third kappa shape index (κ3) is 6.27. The second-order valence-electron chi connectivity index (χ2n) is 17.4. The zero-order chi connectivity index (χ0) is 31.7. The Kier molecular flexibility index (Phi) is 9.28. The lowest BCUT2D eigenvalue weighted by Gasteiger charge is -2.45. The molecule has 0 bridgehead atoms. The monoisotopic (exact) mass is 636 g/mol. The van der Waals surface area contributed by atoms with Gasteiger partial charge in [0.25, 0.3) is 0 Å². The summed E-state index contributed by atoms with van der Waals surface area (Å²) in [5.74, 6) is 0.887. The Morgan fingerprint density at radius 1 is 0.952 bits per heavy atom. The van der Waals surface area contributed by atoms with Gasteiger partial charge in [-0.2, -0.15) is 0 Å². The summed E-state index contributed by atoms with van der Waals surface area (Å²) in [6.45, 7) is 27.1. The highest BCUT2D eigenvalue weighted by Gasteiger charge is 2.53. The number of rotatable bonds is 7. The van der Waals surface area contributed by atoms with Crippen LogP contribution in [0.1, 0.15) is 100 Å². The summed E-state index contributed by atoms with van der Waals surface area (Å²) in [5.41, 5.74) is 3.47. The van der Waals surface area contributed by atoms with Gasteiger partial charge in [-0.1, -0.05) is 67.0 Å². The molecule has 4 aliphatic rings. The van der Waals surface area contributed by atoms with Gasteiger partial charge >= 0.3 is 0 Å². The summed E-state index contributed by atoms with van der Waals surface area (Å²) in [7, 11) is -7.61. The summed E-state index contributed by atoms with van der Waals surface area (Å²) in [6, 6.07) is 0. The number of aldehydes is 1. The quantitative estimate of drug-likeness (QED) is 0.159. The van der Waals surface area contributed by atoms with E-state index in [0.29, 0.717) is 18.3 Å². The average molecular weight is 637 g/mol. The first-order valence-corrected chi connectivity index (χ1v) is 24.0. The molecular formula is C34H60O5SSi2. The van der Waals surface area contributed by atoms with Gasteiger partial charge in [0.05, 0.1) is 18.0 Å². The Bertz CT molecular complexity index is 1220. The van der Waals surface area contributed by atoms with Crippen LogP contribution in [-0.2, 0) is 23.5 Å². The zero-order valence-corrected chi connectivity index (χ0v) is 31.5. The van der Waals surface area contributed by atoms with Gasteiger partial charge in [0.1, 0.15) is 11.5 Å². The minimum atomic E-state index is -3.39. The summed E-state index contributed by atoms with van der Waals surface area (Å²) in [5, 5.41) is -0.474. The largest absolute Gasteiger partial charge is 0.414 e. The van der Waals surface area contributed by atoms with Crippen molar-refractivity contribution in [2.45, 2.75) is 154 Å². The molecule has 4 rings (SSSR count). The fourth-order valence-electron chi connectivity index (χ4n) is 8.03. The van der Waals surface area contributed by atoms with Crippen molar-refractivity contribution in [3.8, 4) is 0 Å². The second kappa shape index (κ2) is 11.4. The lowest BCUT2D eigenvalue weighted by molar-refractivity contribution is -0.113. The standard InChI is InChI=1S/C34H60O5SSi2/c1-23(21-35)28-15-16-29-24(14-13-17-34(28,29)8)18-31-26-19-25(38-41(9,10)32(2,3)4)20-30(27(26)22-40(31,36)37)39-42(11,12)33(5,6)7/h18,21,23,25,28-31H,13-17,19-20,22H2,1-12H3/b24-18+/t23-,25-,28-,29?,30+,31?,34-/m1/s1. The van der Waals surface area contributed by atoms with Crippen LogP contribution in [0.2, 0.25) is 36.3 Å². The van der Waals surface area contributed by atoms with E-state index in [0.717, 1.165) is 56.0 Å². The van der Waals surface area contributed by atoms with Crippen LogP contribution in [0.3, 0.4) is 0 Å². The van der Waals surface area contributed by atoms with Crippen molar-refractivity contribution in [2.75, 3.05) is 5.75 Å². The minimum absolute atomic E-state index is 0.0318. The predicted octanol–water partition coefficient (Wildman–Crippen LogP) is 8.63. The Labute approximate surface area is 259 Å². The van der Waals surface area contributed by atoms with E-state index in [1.807, 2.05) is 0 Å². The lowest BCUT2D eigenvalue weighted by Crippen LogP contribution is -2.49. The van der Waals surface area contributed by atoms with Gasteiger partial charge in [0.15, 0.2) is 26.5 Å². The van der Waals surface area contributed by atoms with E-state index in [1.54, 1.807) is 0 Å². The molecule has 7 atom stereocenters. The highest BCUT2D eigenvalue weighted by molar-refractivity contribution is 7.92. The van der Waals surface area contributed by atoms with Crippen LogP contribution in [0.15, 0.2) is 22.8 Å². The van der Waals surface area contributed by atoms with Gasteiger partial charge in [-0.15, -0.1) is 0 Å². The van der Waals surface area contributed by atoms with Gasteiger partial charge in [-0.05, 0) is 103 Å². The molecule has 8 heteroatoms. The Morgan fingerprint density at radius 3 is 2.12 bits per heavy atom. The summed E-state index contributed by atoms with van der Waals surface area (Å²) < 4.78 is 42.2. The molecule has 0 N–H and O–H groups in total. The van der Waals surface area contributed by atoms with E-state index in [4.69, 9.17) is 8.85 Å². The van der Waals surface area contributed by atoms with Crippen LogP contribution in [-0.4, -0.2) is 54.5 Å². The van der Waals surface area contributed by atoms with Crippen molar-refractivity contribution in [1.29, 1.82) is 0 Å². The number of carbonyl (C=O) groups excluding carboxylic acids is 1. The fraction of sp³-hybridized carbons (Fsp3) is 0.853. The molecule has 2 unspecified atom stereocenters. The number of hydrogen-bond donors (Lipinski definition) is 0. The van der Waals surface area contributed by atoms with Crippen LogP contribution in [0, 0.1) is 23.2 Å². The van der Waals surface area contributed by atoms with E-state index >= 15 is 0 Å². The fourth-order valence-corrected chi connectivity index (χ4v) is 12.7. The maximum absolute atomic E-state index is 14.0. The molecular weight excluding hydrogens is 577 g/mol. The van der Waals surface area contributed by atoms with E-state index in [9.17, 15) is 13.2 Å². The molecule has 2 fully saturated rings. The molecule has 0 aromatic carbocycles. The first-order valence-electron chi connectivity index (χ1n) is 16.5. The molecule has 1 aliphatic heterocycles. The molecule has 5 nitrogen and oxygen atoms in total. The molecule has 1 heterocycles. The van der Waals surface area contributed by atoms with E-state index < -0.39 is 31.7 Å². The van der Waals surface area contributed by atoms with Gasteiger partial charge in [0, 0.05) is 12.3 Å². The molecule has 240 valence electrons. The number of sulfone groups is 1. The van der Waals surface area contributed by atoms with Crippen molar-refractivity contribution in [3.05, 3.63) is 22.8 Å². The maximum atomic E-state index is 14.0. The molecule has 0 radical (unpaired) electrons. The van der Waals surface area contributed by atoms with Crippen molar-refractivity contribution in [2.24, 2.45) is 23.2 Å². The molecule has 0 spiro atoms. The Balaban J connectivity index is 1.75. The Morgan fingerprint density at radius 2 is 1.55 bits per heavy atom. The normalized spacial score (nSPS) is 35.7. The zero-order valence-electron chi connectivity index (χ0n) is 28.7. The van der Waals surface area contributed by atoms with Crippen LogP contribution in [0.5, 0.6) is 0 Å². The number of fused-ring (bicyclic) bond motifs is 1. The number of hydrogen-bond acceptors (Lipinski definition) is 5. The average Bonchev–Trinajstić information content (AvgIpc) is 3.31. The smallest absolute Gasteiger partial charge is 0.192 e. The van der Waals surface area contributed by atoms with Gasteiger partial charge in [0.2, 0.25) is 0 Å². The van der Waals surface area contributed by atoms with Crippen molar-refractivity contribution >= 4 is 32.8 Å². The maximum Gasteiger partial charge on any atom is 0.192 e. The second-order valence-corrected chi connectivity index (χ2v) is 29.1. The lowest BCUT2D eigenvalue weighted by atomic mass is 9.61. The third-order valence-electron chi connectivity index (χ3n) is 12.6. The van der Waals surface area contributed by atoms with Crippen LogP contribution in [0.25, 0.3) is 0 Å². The molecule has 0 aromatic heterocycles. The molecule has 42 heavy (non-hydrogen) atoms. The molecule has 0 saturated heterocycles. The molecule has 0 amide bonds. The minimum Gasteiger partial charge on any atom is -0.414 e. The van der Waals surface area contributed by atoms with Crippen LogP contribution < -0.4 is 0 Å². The van der Waals surface area contributed by atoms with E-state index in [-0.39, 0.29) is 39.4 Å². The highest BCUT2D eigenvalue weighted by atomic mass is 32.2. The highest BCUT2D eigenvalue weighted by Crippen LogP contribution is 2.59. The Hall–Kier alpha value is -0.546. The van der Waals surface area contributed by atoms with Gasteiger partial charge in [-0.25, -0.2) is 8.42 Å². The van der Waals surface area contributed by atoms with Crippen LogP contribution >= 0.6 is 0 Å². The van der Waals surface area contributed by atoms with Crippen molar-refractivity contribution < 1.29 is 22.1 Å². The van der Waals surface area contributed by atoms with Crippen LogP contribution in [0.4, 0.5) is 0 Å². The molecule has 0 aromatic rings. The van der Waals surface area contributed by atoms with Crippen molar-refractivity contribution in [3.63, 3.8) is 0 Å². The SMILES string of the molecule is C[C@H](C=O)[C@H]1CCC2/C(=C/C3C4=C(CS3(=O)=O)[C@@H](O[Si](C)(C)C(C)(C)C)C[C@H](O[Si](C)(C)C(C)(C)C)C4)CCC[C@@]21C. The topological polar surface area (TPSA) is 69.7 Å². The predicted molar refractivity (Wildman–Crippen MR) is 179 cm³/mol. The number of allylic oxidation sites excluding steroid dienone is 1. The third-order valence-corrected chi connectivity index (χ3v) is 23.5. The first kappa shape index (κ1) is 34.3. The van der Waals surface area contributed by atoms with E-state index in [1.165, 1.54) is 5.57 Å². The summed E-state index contributed by atoms with van der Waals surface area (Å²) in [6.07, 6.45) is 9.73.